The smallest absolute Gasteiger partial charge is 0.347 e. The fraction of sp³-hybridized carbons (Fsp3) is 0.475. The molecule has 0 spiro atoms. The first kappa shape index (κ1) is 38.1. The van der Waals surface area contributed by atoms with Crippen molar-refractivity contribution in [3.05, 3.63) is 78.4 Å². The Morgan fingerprint density at radius 2 is 1.15 bits per heavy atom. The number of carbonyl (C=O) groups is 3. The van der Waals surface area contributed by atoms with Crippen LogP contribution in [0.25, 0.3) is 11.1 Å². The third-order valence-corrected chi connectivity index (χ3v) is 8.09. The lowest BCUT2D eigenvalue weighted by atomic mass is 10.1. The van der Waals surface area contributed by atoms with E-state index in [1.54, 1.807) is 55.5 Å². The van der Waals surface area contributed by atoms with Gasteiger partial charge in [0.1, 0.15) is 17.2 Å². The molecule has 3 rings (SSSR count). The Kier molecular flexibility index (Phi) is 16.5. The molecule has 48 heavy (non-hydrogen) atoms. The van der Waals surface area contributed by atoms with Crippen molar-refractivity contribution in [2.24, 2.45) is 5.92 Å². The van der Waals surface area contributed by atoms with E-state index in [4.69, 9.17) is 23.7 Å². The number of rotatable bonds is 21. The molecule has 8 heteroatoms. The zero-order valence-electron chi connectivity index (χ0n) is 29.2. The van der Waals surface area contributed by atoms with E-state index in [-0.39, 0.29) is 12.5 Å². The highest BCUT2D eigenvalue weighted by atomic mass is 16.6. The molecule has 0 aliphatic carbocycles. The molecule has 3 aromatic carbocycles. The van der Waals surface area contributed by atoms with Crippen LogP contribution in [0.5, 0.6) is 17.2 Å². The molecule has 0 radical (unpaired) electrons. The maximum Gasteiger partial charge on any atom is 0.347 e. The molecule has 0 saturated heterocycles. The van der Waals surface area contributed by atoms with Crippen molar-refractivity contribution < 1.29 is 38.1 Å². The van der Waals surface area contributed by atoms with Gasteiger partial charge in [0.25, 0.3) is 0 Å². The van der Waals surface area contributed by atoms with Gasteiger partial charge in [-0.3, -0.25) is 0 Å². The lowest BCUT2D eigenvalue weighted by Crippen LogP contribution is -2.33. The summed E-state index contributed by atoms with van der Waals surface area (Å²) in [5.74, 6) is 0.216. The summed E-state index contributed by atoms with van der Waals surface area (Å²) in [5, 5.41) is 0. The maximum atomic E-state index is 12.7. The van der Waals surface area contributed by atoms with Crippen LogP contribution in [0.2, 0.25) is 0 Å². The van der Waals surface area contributed by atoms with Gasteiger partial charge in [0.05, 0.1) is 18.8 Å². The summed E-state index contributed by atoms with van der Waals surface area (Å²) in [7, 11) is 0. The molecule has 0 saturated carbocycles. The monoisotopic (exact) mass is 660 g/mol. The minimum atomic E-state index is -1.02. The first-order valence-electron chi connectivity index (χ1n) is 17.4. The van der Waals surface area contributed by atoms with Crippen molar-refractivity contribution >= 4 is 17.9 Å². The van der Waals surface area contributed by atoms with Crippen LogP contribution in [-0.4, -0.2) is 43.3 Å². The van der Waals surface area contributed by atoms with E-state index in [9.17, 15) is 14.4 Å². The van der Waals surface area contributed by atoms with Gasteiger partial charge in [-0.2, -0.15) is 0 Å². The Bertz CT molecular complexity index is 1380. The van der Waals surface area contributed by atoms with Gasteiger partial charge in [-0.15, -0.1) is 0 Å². The van der Waals surface area contributed by atoms with Gasteiger partial charge in [0.2, 0.25) is 0 Å². The van der Waals surface area contributed by atoms with Crippen LogP contribution in [0.1, 0.15) is 103 Å². The molecule has 3 aromatic rings. The van der Waals surface area contributed by atoms with Gasteiger partial charge < -0.3 is 23.7 Å². The largest absolute Gasteiger partial charge is 0.494 e. The molecule has 0 heterocycles. The Hall–Kier alpha value is -4.33. The SMILES string of the molecule is CCCCCCCCCCOc1ccc(C(=O)Oc2ccc(-c3ccc(OC(C)C(=O)OC(C)C(=O)OCC(C)CC)cc3)cc2)cc1. The minimum absolute atomic E-state index is 0.237. The highest BCUT2D eigenvalue weighted by molar-refractivity contribution is 5.91. The highest BCUT2D eigenvalue weighted by Crippen LogP contribution is 2.26. The molecule has 0 fully saturated rings. The van der Waals surface area contributed by atoms with Crippen LogP contribution >= 0.6 is 0 Å². The van der Waals surface area contributed by atoms with Crippen molar-refractivity contribution in [3.8, 4) is 28.4 Å². The number of unbranched alkanes of at least 4 members (excludes halogenated alkanes) is 7. The zero-order chi connectivity index (χ0) is 34.7. The lowest BCUT2D eigenvalue weighted by Gasteiger charge is -2.18. The summed E-state index contributed by atoms with van der Waals surface area (Å²) in [6.07, 6.45) is 8.96. The molecule has 0 aliphatic heterocycles. The Morgan fingerprint density at radius 1 is 0.604 bits per heavy atom. The summed E-state index contributed by atoms with van der Waals surface area (Å²) in [4.78, 5) is 37.3. The summed E-state index contributed by atoms with van der Waals surface area (Å²) >= 11 is 0. The second-order valence-electron chi connectivity index (χ2n) is 12.3. The first-order chi connectivity index (χ1) is 23.2. The molecule has 0 aliphatic rings. The fourth-order valence-electron chi connectivity index (χ4n) is 4.75. The standard InChI is InChI=1S/C40H52O8/c1-6-8-9-10-11-12-13-14-27-44-35-21-19-34(20-22-35)40(43)48-37-25-17-33(18-26-37)32-15-23-36(24-16-32)46-31(5)39(42)47-30(4)38(41)45-28-29(3)7-2/h15-26,29-31H,6-14,27-28H2,1-5H3. The summed E-state index contributed by atoms with van der Waals surface area (Å²) in [6, 6.07) is 21.5. The first-order valence-corrected chi connectivity index (χ1v) is 17.4. The van der Waals surface area contributed by atoms with Crippen molar-refractivity contribution in [1.82, 2.24) is 0 Å². The highest BCUT2D eigenvalue weighted by Gasteiger charge is 2.24. The second kappa shape index (κ2) is 20.8. The van der Waals surface area contributed by atoms with E-state index < -0.39 is 30.1 Å². The van der Waals surface area contributed by atoms with Crippen LogP contribution in [0.4, 0.5) is 0 Å². The van der Waals surface area contributed by atoms with Crippen molar-refractivity contribution in [2.75, 3.05) is 13.2 Å². The molecule has 8 nitrogen and oxygen atoms in total. The van der Waals surface area contributed by atoms with Crippen LogP contribution < -0.4 is 14.2 Å². The third kappa shape index (κ3) is 13.4. The fourth-order valence-corrected chi connectivity index (χ4v) is 4.75. The molecule has 3 unspecified atom stereocenters. The predicted octanol–water partition coefficient (Wildman–Crippen LogP) is 9.38. The summed E-state index contributed by atoms with van der Waals surface area (Å²) in [6.45, 7) is 10.2. The molecule has 260 valence electrons. The number of ether oxygens (including phenoxy) is 5. The van der Waals surface area contributed by atoms with Gasteiger partial charge in [0, 0.05) is 0 Å². The van der Waals surface area contributed by atoms with E-state index in [0.29, 0.717) is 23.7 Å². The van der Waals surface area contributed by atoms with Crippen molar-refractivity contribution in [3.63, 3.8) is 0 Å². The number of carbonyl (C=O) groups excluding carboxylic acids is 3. The van der Waals surface area contributed by atoms with Gasteiger partial charge >= 0.3 is 17.9 Å². The van der Waals surface area contributed by atoms with Crippen LogP contribution in [0, 0.1) is 5.92 Å². The van der Waals surface area contributed by atoms with Crippen molar-refractivity contribution in [2.45, 2.75) is 105 Å². The molecule has 0 amide bonds. The Morgan fingerprint density at radius 3 is 1.73 bits per heavy atom. The summed E-state index contributed by atoms with van der Waals surface area (Å²) < 4.78 is 27.6. The summed E-state index contributed by atoms with van der Waals surface area (Å²) in [5.41, 5.74) is 2.27. The topological polar surface area (TPSA) is 97.4 Å². The van der Waals surface area contributed by atoms with Gasteiger partial charge in [0.15, 0.2) is 12.2 Å². The zero-order valence-corrected chi connectivity index (χ0v) is 29.2. The molecular formula is C40H52O8. The van der Waals surface area contributed by atoms with Gasteiger partial charge in [-0.1, -0.05) is 96.4 Å². The Labute approximate surface area is 286 Å². The number of hydrogen-bond donors (Lipinski definition) is 0. The maximum absolute atomic E-state index is 12.7. The third-order valence-electron chi connectivity index (χ3n) is 8.09. The molecule has 3 atom stereocenters. The number of hydrogen-bond acceptors (Lipinski definition) is 8. The predicted molar refractivity (Wildman–Crippen MR) is 187 cm³/mol. The lowest BCUT2D eigenvalue weighted by molar-refractivity contribution is -0.171. The molecule has 0 aromatic heterocycles. The molecular weight excluding hydrogens is 608 g/mol. The van der Waals surface area contributed by atoms with Gasteiger partial charge in [-0.25, -0.2) is 14.4 Å². The van der Waals surface area contributed by atoms with Crippen LogP contribution in [0.15, 0.2) is 72.8 Å². The van der Waals surface area contributed by atoms with Gasteiger partial charge in [-0.05, 0) is 85.8 Å². The van der Waals surface area contributed by atoms with E-state index in [2.05, 4.69) is 6.92 Å². The van der Waals surface area contributed by atoms with E-state index in [1.165, 1.54) is 51.9 Å². The van der Waals surface area contributed by atoms with Crippen molar-refractivity contribution in [1.29, 1.82) is 0 Å². The average Bonchev–Trinajstić information content (AvgIpc) is 3.10. The Balaban J connectivity index is 1.41. The van der Waals surface area contributed by atoms with E-state index in [0.717, 1.165) is 29.7 Å². The molecule has 0 N–H and O–H groups in total. The second-order valence-corrected chi connectivity index (χ2v) is 12.3. The quantitative estimate of drug-likeness (QED) is 0.0633. The van der Waals surface area contributed by atoms with E-state index in [1.807, 2.05) is 38.1 Å². The average molecular weight is 661 g/mol. The van der Waals surface area contributed by atoms with Crippen LogP contribution in [-0.2, 0) is 19.1 Å². The van der Waals surface area contributed by atoms with E-state index >= 15 is 0 Å². The van der Waals surface area contributed by atoms with Crippen LogP contribution in [0.3, 0.4) is 0 Å². The number of esters is 3. The number of benzene rings is 3. The minimum Gasteiger partial charge on any atom is -0.494 e. The molecule has 0 bridgehead atoms. The normalized spacial score (nSPS) is 12.8.